The monoisotopic (exact) mass is 236 g/mol. The van der Waals surface area contributed by atoms with E-state index >= 15 is 0 Å². The molecule has 2 atom stereocenters. The van der Waals surface area contributed by atoms with Crippen LogP contribution in [0.5, 0.6) is 0 Å². The molecular formula is C13H20N2O2. The zero-order valence-corrected chi connectivity index (χ0v) is 10.3. The number of nitrogens with zero attached hydrogens (tertiary/aromatic N) is 1. The lowest BCUT2D eigenvalue weighted by Crippen LogP contribution is -2.39. The normalized spacial score (nSPS) is 24.1. The number of methoxy groups -OCH3 is 1. The fourth-order valence-corrected chi connectivity index (χ4v) is 2.46. The highest BCUT2D eigenvalue weighted by Gasteiger charge is 2.26. The fourth-order valence-electron chi connectivity index (χ4n) is 2.46. The van der Waals surface area contributed by atoms with Gasteiger partial charge in [0.15, 0.2) is 0 Å². The van der Waals surface area contributed by atoms with Crippen molar-refractivity contribution in [1.29, 1.82) is 0 Å². The standard InChI is InChI=1S/C13H20N2O2/c1-17-12-6-4-5-11(12)14-8-10-15-9-3-2-7-13(15)16/h2-3,7,9,11-12,14H,4-6,8,10H2,1H3. The topological polar surface area (TPSA) is 43.3 Å². The van der Waals surface area contributed by atoms with Gasteiger partial charge in [0, 0.05) is 38.5 Å². The van der Waals surface area contributed by atoms with Crippen LogP contribution in [0.15, 0.2) is 29.2 Å². The van der Waals surface area contributed by atoms with Crippen molar-refractivity contribution in [2.45, 2.75) is 38.0 Å². The van der Waals surface area contributed by atoms with Crippen LogP contribution < -0.4 is 10.9 Å². The zero-order chi connectivity index (χ0) is 12.1. The Morgan fingerprint density at radius 1 is 1.47 bits per heavy atom. The van der Waals surface area contributed by atoms with Crippen LogP contribution in [0.2, 0.25) is 0 Å². The molecule has 1 aromatic heterocycles. The van der Waals surface area contributed by atoms with E-state index in [2.05, 4.69) is 5.32 Å². The van der Waals surface area contributed by atoms with E-state index in [1.54, 1.807) is 23.8 Å². The lowest BCUT2D eigenvalue weighted by Gasteiger charge is -2.19. The molecule has 1 saturated carbocycles. The zero-order valence-electron chi connectivity index (χ0n) is 10.3. The first kappa shape index (κ1) is 12.3. The number of hydrogen-bond acceptors (Lipinski definition) is 3. The first-order valence-electron chi connectivity index (χ1n) is 6.23. The van der Waals surface area contributed by atoms with Crippen molar-refractivity contribution < 1.29 is 4.74 Å². The summed E-state index contributed by atoms with van der Waals surface area (Å²) in [6.45, 7) is 1.53. The van der Waals surface area contributed by atoms with E-state index in [0.29, 0.717) is 18.7 Å². The highest BCUT2D eigenvalue weighted by Crippen LogP contribution is 2.21. The summed E-state index contributed by atoms with van der Waals surface area (Å²) in [6, 6.07) is 5.69. The van der Waals surface area contributed by atoms with Gasteiger partial charge < -0.3 is 14.6 Å². The molecule has 1 aliphatic rings. The van der Waals surface area contributed by atoms with Gasteiger partial charge in [0.1, 0.15) is 0 Å². The van der Waals surface area contributed by atoms with Crippen molar-refractivity contribution >= 4 is 0 Å². The molecule has 0 spiro atoms. The van der Waals surface area contributed by atoms with E-state index in [-0.39, 0.29) is 5.56 Å². The minimum absolute atomic E-state index is 0.0593. The molecule has 17 heavy (non-hydrogen) atoms. The van der Waals surface area contributed by atoms with E-state index in [1.807, 2.05) is 12.3 Å². The Bertz CT molecular complexity index is 402. The highest BCUT2D eigenvalue weighted by atomic mass is 16.5. The Balaban J connectivity index is 1.80. The fraction of sp³-hybridized carbons (Fsp3) is 0.615. The third-order valence-electron chi connectivity index (χ3n) is 3.41. The van der Waals surface area contributed by atoms with Crippen LogP contribution in [0.3, 0.4) is 0 Å². The summed E-state index contributed by atoms with van der Waals surface area (Å²) < 4.78 is 7.15. The largest absolute Gasteiger partial charge is 0.380 e. The lowest BCUT2D eigenvalue weighted by atomic mass is 10.2. The van der Waals surface area contributed by atoms with Crippen LogP contribution in [0.1, 0.15) is 19.3 Å². The molecule has 0 aromatic carbocycles. The predicted octanol–water partition coefficient (Wildman–Crippen LogP) is 1.01. The molecule has 4 nitrogen and oxygen atoms in total. The Hall–Kier alpha value is -1.13. The Morgan fingerprint density at radius 2 is 2.35 bits per heavy atom. The molecule has 1 fully saturated rings. The summed E-state index contributed by atoms with van der Waals surface area (Å²) in [5, 5.41) is 3.47. The third-order valence-corrected chi connectivity index (χ3v) is 3.41. The minimum Gasteiger partial charge on any atom is -0.380 e. The second-order valence-electron chi connectivity index (χ2n) is 4.50. The number of nitrogens with one attached hydrogen (secondary N) is 1. The first-order chi connectivity index (χ1) is 8.31. The van der Waals surface area contributed by atoms with Gasteiger partial charge in [0.2, 0.25) is 0 Å². The van der Waals surface area contributed by atoms with Crippen LogP contribution in [-0.4, -0.2) is 30.4 Å². The molecule has 0 saturated heterocycles. The SMILES string of the molecule is COC1CCCC1NCCn1ccccc1=O. The van der Waals surface area contributed by atoms with E-state index in [9.17, 15) is 4.79 Å². The highest BCUT2D eigenvalue weighted by molar-refractivity contribution is 4.93. The second kappa shape index (κ2) is 5.98. The van der Waals surface area contributed by atoms with Crippen molar-refractivity contribution in [3.05, 3.63) is 34.7 Å². The van der Waals surface area contributed by atoms with Gasteiger partial charge in [-0.3, -0.25) is 4.79 Å². The molecule has 1 aliphatic carbocycles. The van der Waals surface area contributed by atoms with Crippen LogP contribution >= 0.6 is 0 Å². The van der Waals surface area contributed by atoms with Crippen molar-refractivity contribution in [1.82, 2.24) is 9.88 Å². The second-order valence-corrected chi connectivity index (χ2v) is 4.50. The molecule has 0 bridgehead atoms. The smallest absolute Gasteiger partial charge is 0.250 e. The molecule has 0 aliphatic heterocycles. The van der Waals surface area contributed by atoms with Crippen molar-refractivity contribution in [3.63, 3.8) is 0 Å². The minimum atomic E-state index is 0.0593. The number of rotatable bonds is 5. The summed E-state index contributed by atoms with van der Waals surface area (Å²) in [5.41, 5.74) is 0.0593. The van der Waals surface area contributed by atoms with Gasteiger partial charge in [-0.15, -0.1) is 0 Å². The molecule has 0 amide bonds. The lowest BCUT2D eigenvalue weighted by molar-refractivity contribution is 0.0850. The van der Waals surface area contributed by atoms with Gasteiger partial charge in [-0.1, -0.05) is 6.07 Å². The van der Waals surface area contributed by atoms with Gasteiger partial charge in [0.05, 0.1) is 6.10 Å². The molecule has 1 N–H and O–H groups in total. The predicted molar refractivity (Wildman–Crippen MR) is 67.1 cm³/mol. The average Bonchev–Trinajstić information content (AvgIpc) is 2.79. The van der Waals surface area contributed by atoms with Gasteiger partial charge in [0.25, 0.3) is 5.56 Å². The van der Waals surface area contributed by atoms with E-state index in [0.717, 1.165) is 13.0 Å². The summed E-state index contributed by atoms with van der Waals surface area (Å²) in [4.78, 5) is 11.5. The molecule has 1 heterocycles. The Labute approximate surface area is 102 Å². The van der Waals surface area contributed by atoms with Crippen LogP contribution in [0, 0.1) is 0 Å². The van der Waals surface area contributed by atoms with Crippen molar-refractivity contribution in [2.24, 2.45) is 0 Å². The summed E-state index contributed by atoms with van der Waals surface area (Å²) >= 11 is 0. The maximum absolute atomic E-state index is 11.5. The van der Waals surface area contributed by atoms with Crippen LogP contribution in [0.4, 0.5) is 0 Å². The third kappa shape index (κ3) is 3.17. The molecule has 0 radical (unpaired) electrons. The Kier molecular flexibility index (Phi) is 4.34. The number of ether oxygens (including phenoxy) is 1. The number of pyridine rings is 1. The molecule has 2 rings (SSSR count). The van der Waals surface area contributed by atoms with Crippen LogP contribution in [-0.2, 0) is 11.3 Å². The van der Waals surface area contributed by atoms with Gasteiger partial charge in [-0.05, 0) is 25.3 Å². The molecule has 1 aromatic rings. The quantitative estimate of drug-likeness (QED) is 0.829. The van der Waals surface area contributed by atoms with Crippen molar-refractivity contribution in [3.8, 4) is 0 Å². The van der Waals surface area contributed by atoms with E-state index in [1.165, 1.54) is 12.8 Å². The average molecular weight is 236 g/mol. The Morgan fingerprint density at radius 3 is 3.12 bits per heavy atom. The van der Waals surface area contributed by atoms with Crippen LogP contribution in [0.25, 0.3) is 0 Å². The number of aromatic nitrogens is 1. The summed E-state index contributed by atoms with van der Waals surface area (Å²) in [7, 11) is 1.77. The molecule has 94 valence electrons. The van der Waals surface area contributed by atoms with Crippen molar-refractivity contribution in [2.75, 3.05) is 13.7 Å². The molecular weight excluding hydrogens is 216 g/mol. The van der Waals surface area contributed by atoms with Gasteiger partial charge in [-0.2, -0.15) is 0 Å². The van der Waals surface area contributed by atoms with Gasteiger partial charge >= 0.3 is 0 Å². The maximum Gasteiger partial charge on any atom is 0.250 e. The van der Waals surface area contributed by atoms with E-state index < -0.39 is 0 Å². The maximum atomic E-state index is 11.5. The van der Waals surface area contributed by atoms with Gasteiger partial charge in [-0.25, -0.2) is 0 Å². The first-order valence-corrected chi connectivity index (χ1v) is 6.23. The molecule has 2 unspecified atom stereocenters. The summed E-state index contributed by atoms with van der Waals surface area (Å²) in [6.07, 6.45) is 5.69. The molecule has 4 heteroatoms. The van der Waals surface area contributed by atoms with E-state index in [4.69, 9.17) is 4.74 Å². The number of hydrogen-bond donors (Lipinski definition) is 1. The summed E-state index contributed by atoms with van der Waals surface area (Å²) in [5.74, 6) is 0.